The van der Waals surface area contributed by atoms with Crippen LogP contribution in [0.1, 0.15) is 69.9 Å². The topological polar surface area (TPSA) is 115 Å². The van der Waals surface area contributed by atoms with Crippen LogP contribution >= 0.6 is 0 Å². The number of ketones is 1. The van der Waals surface area contributed by atoms with E-state index >= 15 is 0 Å². The average Bonchev–Trinajstić information content (AvgIpc) is 3.69. The quantitative estimate of drug-likeness (QED) is 0.256. The van der Waals surface area contributed by atoms with Crippen LogP contribution in [0.3, 0.4) is 0 Å². The molecule has 2 aliphatic carbocycles. The zero-order valence-corrected chi connectivity index (χ0v) is 23.5. The summed E-state index contributed by atoms with van der Waals surface area (Å²) in [5.74, 6) is 1.36. The summed E-state index contributed by atoms with van der Waals surface area (Å²) in [6.45, 7) is 1.99. The van der Waals surface area contributed by atoms with Crippen LogP contribution in [-0.2, 0) is 11.8 Å². The van der Waals surface area contributed by atoms with Gasteiger partial charge in [-0.1, -0.05) is 42.5 Å². The third kappa shape index (κ3) is 4.43. The number of aryl methyl sites for hydroxylation is 1. The van der Waals surface area contributed by atoms with Crippen molar-refractivity contribution in [1.82, 2.24) is 24.7 Å². The maximum absolute atomic E-state index is 13.1. The van der Waals surface area contributed by atoms with Crippen LogP contribution in [0.15, 0.2) is 85.3 Å². The van der Waals surface area contributed by atoms with E-state index in [4.69, 9.17) is 10.7 Å². The highest BCUT2D eigenvalue weighted by Crippen LogP contribution is 2.57. The first-order valence-corrected chi connectivity index (χ1v) is 14.4. The second-order valence-electron chi connectivity index (χ2n) is 11.9. The van der Waals surface area contributed by atoms with Crippen molar-refractivity contribution >= 4 is 23.0 Å². The molecule has 8 heteroatoms. The Bertz CT molecular complexity index is 1820. The number of Topliss-reactive ketones (excluding diaryl/α,β-unsaturated/α-hetero) is 1. The summed E-state index contributed by atoms with van der Waals surface area (Å²) in [5, 5.41) is 3.38. The molecule has 2 bridgehead atoms. The molecule has 0 unspecified atom stereocenters. The molecule has 1 amide bonds. The van der Waals surface area contributed by atoms with Crippen molar-refractivity contribution in [3.63, 3.8) is 0 Å². The molecule has 3 heterocycles. The van der Waals surface area contributed by atoms with Gasteiger partial charge in [0.05, 0.1) is 6.42 Å². The van der Waals surface area contributed by atoms with Gasteiger partial charge in [-0.2, -0.15) is 0 Å². The minimum Gasteiger partial charge on any atom is -0.382 e. The van der Waals surface area contributed by atoms with Crippen LogP contribution in [0.25, 0.3) is 16.8 Å². The number of hydrogen-bond donors (Lipinski definition) is 2. The van der Waals surface area contributed by atoms with Crippen LogP contribution in [0.2, 0.25) is 0 Å². The summed E-state index contributed by atoms with van der Waals surface area (Å²) in [6, 6.07) is 20.8. The zero-order valence-electron chi connectivity index (χ0n) is 23.5. The number of carbonyl (C=O) groups excluding carboxylic acids is 2. The predicted octanol–water partition coefficient (Wildman–Crippen LogP) is 5.49. The van der Waals surface area contributed by atoms with Gasteiger partial charge in [0, 0.05) is 51.9 Å². The fourth-order valence-corrected chi connectivity index (χ4v) is 7.00. The number of nitrogens with one attached hydrogen (secondary N) is 1. The monoisotopic (exact) mass is 556 g/mol. The minimum atomic E-state index is -0.244. The molecular weight excluding hydrogens is 524 g/mol. The zero-order chi connectivity index (χ0) is 28.9. The molecule has 0 radical (unpaired) electrons. The van der Waals surface area contributed by atoms with Crippen LogP contribution < -0.4 is 11.1 Å². The summed E-state index contributed by atoms with van der Waals surface area (Å²) in [4.78, 5) is 40.0. The number of amides is 1. The van der Waals surface area contributed by atoms with E-state index in [1.807, 2.05) is 79.9 Å². The summed E-state index contributed by atoms with van der Waals surface area (Å²) >= 11 is 0. The van der Waals surface area contributed by atoms with Gasteiger partial charge < -0.3 is 11.1 Å². The number of anilines is 1. The van der Waals surface area contributed by atoms with E-state index in [1.54, 1.807) is 12.4 Å². The molecule has 0 saturated heterocycles. The SMILES string of the molecule is Cc1ccnc(CC(=O)c2ccc(-c3nc(C45CCC(NC(=O)c6ccccc6)(CC4)C5)n4ccnc(N)c34)cc2)c1. The van der Waals surface area contributed by atoms with Crippen LogP contribution in [0.5, 0.6) is 0 Å². The predicted molar refractivity (Wildman–Crippen MR) is 161 cm³/mol. The van der Waals surface area contributed by atoms with Crippen molar-refractivity contribution in [3.05, 3.63) is 114 Å². The molecule has 210 valence electrons. The molecule has 3 aromatic heterocycles. The van der Waals surface area contributed by atoms with Gasteiger partial charge >= 0.3 is 0 Å². The first-order valence-electron chi connectivity index (χ1n) is 14.4. The van der Waals surface area contributed by atoms with Crippen molar-refractivity contribution in [1.29, 1.82) is 0 Å². The fourth-order valence-electron chi connectivity index (χ4n) is 7.00. The summed E-state index contributed by atoms with van der Waals surface area (Å²) < 4.78 is 2.08. The highest BCUT2D eigenvalue weighted by Gasteiger charge is 2.57. The molecule has 8 nitrogen and oxygen atoms in total. The molecule has 2 fully saturated rings. The van der Waals surface area contributed by atoms with Crippen molar-refractivity contribution < 1.29 is 9.59 Å². The van der Waals surface area contributed by atoms with Gasteiger partial charge in [0.1, 0.15) is 22.9 Å². The van der Waals surface area contributed by atoms with Crippen molar-refractivity contribution in [2.24, 2.45) is 0 Å². The summed E-state index contributed by atoms with van der Waals surface area (Å²) in [5.41, 5.74) is 11.6. The smallest absolute Gasteiger partial charge is 0.251 e. The van der Waals surface area contributed by atoms with Gasteiger partial charge in [-0.3, -0.25) is 19.0 Å². The second-order valence-corrected chi connectivity index (χ2v) is 11.9. The largest absolute Gasteiger partial charge is 0.382 e. The van der Waals surface area contributed by atoms with E-state index in [1.165, 1.54) is 0 Å². The van der Waals surface area contributed by atoms with Gasteiger partial charge in [0.25, 0.3) is 5.91 Å². The van der Waals surface area contributed by atoms with Crippen molar-refractivity contribution in [2.75, 3.05) is 5.73 Å². The molecule has 0 atom stereocenters. The Morgan fingerprint density at radius 2 is 1.69 bits per heavy atom. The van der Waals surface area contributed by atoms with E-state index in [0.717, 1.165) is 66.0 Å². The standard InChI is InChI=1S/C34H32N6O2/c1-22-11-16-36-26(19-22)20-27(41)23-7-9-24(10-8-23)28-29-30(35)37-17-18-40(29)32(38-28)33-12-14-34(21-33,15-13-33)39-31(42)25-5-3-2-4-6-25/h2-11,16-19H,12-15,20-21H2,1H3,(H2,35,37)(H,39,42). The highest BCUT2D eigenvalue weighted by molar-refractivity contribution is 5.98. The van der Waals surface area contributed by atoms with Crippen LogP contribution in [0.4, 0.5) is 5.82 Å². The number of nitrogens with two attached hydrogens (primary N) is 1. The van der Waals surface area contributed by atoms with E-state index in [9.17, 15) is 9.59 Å². The van der Waals surface area contributed by atoms with E-state index in [-0.39, 0.29) is 29.1 Å². The maximum Gasteiger partial charge on any atom is 0.251 e. The van der Waals surface area contributed by atoms with Gasteiger partial charge in [0.15, 0.2) is 5.78 Å². The lowest BCUT2D eigenvalue weighted by molar-refractivity contribution is 0.0900. The normalized spacial score (nSPS) is 21.1. The van der Waals surface area contributed by atoms with Crippen molar-refractivity contribution in [2.45, 2.75) is 56.4 Å². The number of carbonyl (C=O) groups is 2. The molecule has 0 aliphatic heterocycles. The molecule has 2 saturated carbocycles. The van der Waals surface area contributed by atoms with E-state index in [2.05, 4.69) is 19.7 Å². The molecule has 42 heavy (non-hydrogen) atoms. The lowest BCUT2D eigenvalue weighted by Gasteiger charge is -2.28. The molecule has 5 aromatic rings. The molecular formula is C34H32N6O2. The molecule has 3 N–H and O–H groups in total. The Labute approximate surface area is 244 Å². The summed E-state index contributed by atoms with van der Waals surface area (Å²) in [6.07, 6.45) is 10.1. The maximum atomic E-state index is 13.1. The van der Waals surface area contributed by atoms with Gasteiger partial charge in [0.2, 0.25) is 0 Å². The third-order valence-corrected chi connectivity index (χ3v) is 9.11. The number of rotatable bonds is 7. The Kier molecular flexibility index (Phi) is 6.15. The van der Waals surface area contributed by atoms with Gasteiger partial charge in [-0.05, 0) is 68.9 Å². The Hall–Kier alpha value is -4.85. The number of pyridine rings is 1. The van der Waals surface area contributed by atoms with Crippen molar-refractivity contribution in [3.8, 4) is 11.3 Å². The molecule has 7 rings (SSSR count). The highest BCUT2D eigenvalue weighted by atomic mass is 16.2. The number of benzene rings is 2. The molecule has 2 aromatic carbocycles. The van der Waals surface area contributed by atoms with Crippen LogP contribution in [-0.4, -0.2) is 36.6 Å². The number of hydrogen-bond acceptors (Lipinski definition) is 6. The first kappa shape index (κ1) is 26.1. The molecule has 2 aliphatic rings. The Morgan fingerprint density at radius 3 is 2.43 bits per heavy atom. The lowest BCUT2D eigenvalue weighted by atomic mass is 9.83. The number of nitrogens with zero attached hydrogens (tertiary/aromatic N) is 4. The molecule has 0 spiro atoms. The fraction of sp³-hybridized carbons (Fsp3) is 0.265. The van der Waals surface area contributed by atoms with Gasteiger partial charge in [-0.25, -0.2) is 9.97 Å². The average molecular weight is 557 g/mol. The first-order chi connectivity index (χ1) is 20.3. The Morgan fingerprint density at radius 1 is 0.929 bits per heavy atom. The third-order valence-electron chi connectivity index (χ3n) is 9.11. The van der Waals surface area contributed by atoms with E-state index < -0.39 is 0 Å². The van der Waals surface area contributed by atoms with Crippen LogP contribution in [0, 0.1) is 6.92 Å². The lowest BCUT2D eigenvalue weighted by Crippen LogP contribution is -2.45. The minimum absolute atomic E-state index is 0.0147. The number of aromatic nitrogens is 4. The Balaban J connectivity index is 1.19. The summed E-state index contributed by atoms with van der Waals surface area (Å²) in [7, 11) is 0. The number of fused-ring (bicyclic) bond motifs is 3. The number of nitrogen functional groups attached to an aromatic ring is 1. The second kappa shape index (κ2) is 9.91. The number of imidazole rings is 1. The van der Waals surface area contributed by atoms with E-state index in [0.29, 0.717) is 16.9 Å². The van der Waals surface area contributed by atoms with Gasteiger partial charge in [-0.15, -0.1) is 0 Å².